The first kappa shape index (κ1) is 27.3. The minimum absolute atomic E-state index is 0.0479. The fraction of sp³-hybridized carbons (Fsp3) is 0.233. The highest BCUT2D eigenvalue weighted by Gasteiger charge is 2.36. The van der Waals surface area contributed by atoms with Crippen LogP contribution in [0.15, 0.2) is 72.8 Å². The van der Waals surface area contributed by atoms with Gasteiger partial charge in [-0.15, -0.1) is 0 Å². The molecule has 9 nitrogen and oxygen atoms in total. The lowest BCUT2D eigenvalue weighted by molar-refractivity contribution is -0.147. The highest BCUT2D eigenvalue weighted by atomic mass is 16.5. The second kappa shape index (κ2) is 12.2. The number of aryl methyl sites for hydroxylation is 1. The van der Waals surface area contributed by atoms with E-state index in [2.05, 4.69) is 0 Å². The Balaban J connectivity index is 1.27. The molecule has 1 atom stereocenters. The molecule has 3 aromatic rings. The van der Waals surface area contributed by atoms with Crippen LogP contribution in [0.2, 0.25) is 0 Å². The van der Waals surface area contributed by atoms with Gasteiger partial charge in [0.1, 0.15) is 5.75 Å². The van der Waals surface area contributed by atoms with Gasteiger partial charge in [0.15, 0.2) is 12.4 Å². The molecule has 1 amide bonds. The Morgan fingerprint density at radius 2 is 1.38 bits per heavy atom. The number of amides is 1. The number of Topliss-reactive ketones (excluding diaryl/α,β-unsaturated/α-hetero) is 1. The van der Waals surface area contributed by atoms with Gasteiger partial charge in [0.05, 0.1) is 23.7 Å². The minimum atomic E-state index is -0.724. The number of hydrogen-bond donors (Lipinski definition) is 0. The van der Waals surface area contributed by atoms with Crippen LogP contribution in [0.25, 0.3) is 0 Å². The van der Waals surface area contributed by atoms with Crippen molar-refractivity contribution < 1.29 is 38.2 Å². The third-order valence-electron chi connectivity index (χ3n) is 6.17. The number of ether oxygens (including phenoxy) is 3. The quantitative estimate of drug-likeness (QED) is 0.230. The maximum absolute atomic E-state index is 12.6. The molecule has 1 heterocycles. The molecule has 1 saturated heterocycles. The largest absolute Gasteiger partial charge is 0.462 e. The molecule has 0 unspecified atom stereocenters. The number of anilines is 1. The van der Waals surface area contributed by atoms with Gasteiger partial charge < -0.3 is 19.1 Å². The maximum atomic E-state index is 12.6. The highest BCUT2D eigenvalue weighted by molar-refractivity contribution is 6.01. The van der Waals surface area contributed by atoms with Crippen molar-refractivity contribution in [2.75, 3.05) is 24.7 Å². The van der Waals surface area contributed by atoms with E-state index in [1.165, 1.54) is 29.2 Å². The summed E-state index contributed by atoms with van der Waals surface area (Å²) in [6.45, 7) is 3.50. The topological polar surface area (TPSA) is 116 Å². The molecule has 200 valence electrons. The van der Waals surface area contributed by atoms with Crippen molar-refractivity contribution in [3.05, 3.63) is 95.1 Å². The zero-order valence-electron chi connectivity index (χ0n) is 21.5. The standard InChI is InChI=1S/C30H27NO8/c1-3-37-28(34)21-8-12-24(13-9-21)31-17-23(16-27(31)33)29(35)38-18-26(32)20-10-14-25(15-11-20)39-30(36)22-6-4-19(2)5-7-22/h4-15,23H,3,16-18H2,1-2H3/t23-/m0/s1. The predicted molar refractivity (Wildman–Crippen MR) is 141 cm³/mol. The first-order valence-corrected chi connectivity index (χ1v) is 12.4. The van der Waals surface area contributed by atoms with Crippen LogP contribution in [-0.2, 0) is 19.1 Å². The van der Waals surface area contributed by atoms with E-state index in [0.29, 0.717) is 16.8 Å². The molecule has 0 N–H and O–H groups in total. The van der Waals surface area contributed by atoms with E-state index in [-0.39, 0.29) is 36.8 Å². The van der Waals surface area contributed by atoms with Crippen LogP contribution in [0.1, 0.15) is 50.0 Å². The number of ketones is 1. The Kier molecular flexibility index (Phi) is 8.50. The Labute approximate surface area is 225 Å². The Bertz CT molecular complexity index is 1380. The van der Waals surface area contributed by atoms with Gasteiger partial charge in [0.25, 0.3) is 0 Å². The molecule has 1 fully saturated rings. The molecule has 1 aliphatic rings. The molecular weight excluding hydrogens is 502 g/mol. The molecule has 0 aliphatic carbocycles. The maximum Gasteiger partial charge on any atom is 0.343 e. The number of hydrogen-bond acceptors (Lipinski definition) is 8. The van der Waals surface area contributed by atoms with Crippen LogP contribution in [0.5, 0.6) is 5.75 Å². The van der Waals surface area contributed by atoms with Gasteiger partial charge in [0.2, 0.25) is 5.91 Å². The van der Waals surface area contributed by atoms with Gasteiger partial charge in [-0.25, -0.2) is 9.59 Å². The summed E-state index contributed by atoms with van der Waals surface area (Å²) in [4.78, 5) is 63.1. The van der Waals surface area contributed by atoms with Crippen LogP contribution < -0.4 is 9.64 Å². The number of rotatable bonds is 9. The minimum Gasteiger partial charge on any atom is -0.462 e. The van der Waals surface area contributed by atoms with E-state index in [1.54, 1.807) is 43.3 Å². The number of carbonyl (C=O) groups excluding carboxylic acids is 5. The van der Waals surface area contributed by atoms with Crippen molar-refractivity contribution in [2.24, 2.45) is 5.92 Å². The highest BCUT2D eigenvalue weighted by Crippen LogP contribution is 2.26. The van der Waals surface area contributed by atoms with Gasteiger partial charge in [-0.05, 0) is 74.5 Å². The SMILES string of the molecule is CCOC(=O)c1ccc(N2C[C@@H](C(=O)OCC(=O)c3ccc(OC(=O)c4ccc(C)cc4)cc3)CC2=O)cc1. The number of carbonyl (C=O) groups is 5. The molecule has 9 heteroatoms. The van der Waals surface area contributed by atoms with E-state index in [4.69, 9.17) is 14.2 Å². The molecule has 0 saturated carbocycles. The summed E-state index contributed by atoms with van der Waals surface area (Å²) in [6.07, 6.45) is -0.0479. The molecule has 0 bridgehead atoms. The van der Waals surface area contributed by atoms with Crippen molar-refractivity contribution in [3.63, 3.8) is 0 Å². The first-order chi connectivity index (χ1) is 18.7. The summed E-state index contributed by atoms with van der Waals surface area (Å²) < 4.78 is 15.5. The van der Waals surface area contributed by atoms with Crippen molar-refractivity contribution >= 4 is 35.3 Å². The Hall–Kier alpha value is -4.79. The van der Waals surface area contributed by atoms with Crippen LogP contribution in [0.3, 0.4) is 0 Å². The smallest absolute Gasteiger partial charge is 0.343 e. The van der Waals surface area contributed by atoms with Crippen LogP contribution in [0, 0.1) is 12.8 Å². The van der Waals surface area contributed by atoms with Crippen molar-refractivity contribution in [1.29, 1.82) is 0 Å². The summed E-state index contributed by atoms with van der Waals surface area (Å²) >= 11 is 0. The zero-order chi connectivity index (χ0) is 27.9. The molecule has 0 spiro atoms. The fourth-order valence-electron chi connectivity index (χ4n) is 4.01. The molecule has 39 heavy (non-hydrogen) atoms. The van der Waals surface area contributed by atoms with Crippen molar-refractivity contribution in [3.8, 4) is 5.75 Å². The van der Waals surface area contributed by atoms with Gasteiger partial charge >= 0.3 is 17.9 Å². The first-order valence-electron chi connectivity index (χ1n) is 12.4. The van der Waals surface area contributed by atoms with E-state index in [1.807, 2.05) is 19.1 Å². The van der Waals surface area contributed by atoms with Gasteiger partial charge in [-0.2, -0.15) is 0 Å². The Morgan fingerprint density at radius 1 is 0.795 bits per heavy atom. The predicted octanol–water partition coefficient (Wildman–Crippen LogP) is 4.17. The average Bonchev–Trinajstić information content (AvgIpc) is 3.34. The molecule has 3 aromatic carbocycles. The van der Waals surface area contributed by atoms with Crippen LogP contribution >= 0.6 is 0 Å². The van der Waals surface area contributed by atoms with Gasteiger partial charge in [0, 0.05) is 24.2 Å². The summed E-state index contributed by atoms with van der Waals surface area (Å²) in [5.74, 6) is -2.77. The number of nitrogens with zero attached hydrogens (tertiary/aromatic N) is 1. The Morgan fingerprint density at radius 3 is 2.03 bits per heavy atom. The molecular formula is C30H27NO8. The molecule has 0 radical (unpaired) electrons. The second-order valence-electron chi connectivity index (χ2n) is 8.98. The lowest BCUT2D eigenvalue weighted by Gasteiger charge is -2.17. The van der Waals surface area contributed by atoms with E-state index in [0.717, 1.165) is 5.56 Å². The third-order valence-corrected chi connectivity index (χ3v) is 6.17. The summed E-state index contributed by atoms with van der Waals surface area (Å²) in [7, 11) is 0. The van der Waals surface area contributed by atoms with Gasteiger partial charge in [-0.1, -0.05) is 17.7 Å². The number of benzene rings is 3. The number of esters is 3. The molecule has 1 aliphatic heterocycles. The van der Waals surface area contributed by atoms with Crippen molar-refractivity contribution in [2.45, 2.75) is 20.3 Å². The van der Waals surface area contributed by atoms with E-state index >= 15 is 0 Å². The monoisotopic (exact) mass is 529 g/mol. The van der Waals surface area contributed by atoms with E-state index < -0.39 is 36.2 Å². The normalized spacial score (nSPS) is 14.6. The summed E-state index contributed by atoms with van der Waals surface area (Å²) in [6, 6.07) is 19.2. The van der Waals surface area contributed by atoms with Crippen molar-refractivity contribution in [1.82, 2.24) is 0 Å². The molecule has 0 aromatic heterocycles. The summed E-state index contributed by atoms with van der Waals surface area (Å²) in [5.41, 5.74) is 2.62. The van der Waals surface area contributed by atoms with Crippen LogP contribution in [0.4, 0.5) is 5.69 Å². The van der Waals surface area contributed by atoms with E-state index in [9.17, 15) is 24.0 Å². The zero-order valence-corrected chi connectivity index (χ0v) is 21.5. The average molecular weight is 530 g/mol. The second-order valence-corrected chi connectivity index (χ2v) is 8.98. The third kappa shape index (κ3) is 6.75. The van der Waals surface area contributed by atoms with Gasteiger partial charge in [-0.3, -0.25) is 14.4 Å². The van der Waals surface area contributed by atoms with Crippen LogP contribution in [-0.4, -0.2) is 49.4 Å². The lowest BCUT2D eigenvalue weighted by atomic mass is 10.1. The summed E-state index contributed by atoms with van der Waals surface area (Å²) in [5, 5.41) is 0. The fourth-order valence-corrected chi connectivity index (χ4v) is 4.01. The molecule has 4 rings (SSSR count). The lowest BCUT2D eigenvalue weighted by Crippen LogP contribution is -2.27.